The topological polar surface area (TPSA) is 34.1 Å². The van der Waals surface area contributed by atoms with Crippen LogP contribution in [0.2, 0.25) is 0 Å². The highest BCUT2D eigenvalue weighted by molar-refractivity contribution is 5.98. The van der Waals surface area contributed by atoms with Crippen molar-refractivity contribution in [1.82, 2.24) is 0 Å². The van der Waals surface area contributed by atoms with Crippen LogP contribution < -0.4 is 0 Å². The Bertz CT molecular complexity index is 419. The van der Waals surface area contributed by atoms with Gasteiger partial charge in [-0.15, -0.1) is 0 Å². The first-order chi connectivity index (χ1) is 7.22. The number of Topliss-reactive ketones (excluding diaryl/α,β-unsaturated/α-hetero) is 2. The van der Waals surface area contributed by atoms with Gasteiger partial charge in [-0.1, -0.05) is 25.1 Å². The molecule has 0 amide bonds. The third-order valence-electron chi connectivity index (χ3n) is 2.94. The van der Waals surface area contributed by atoms with E-state index in [4.69, 9.17) is 0 Å². The Hall–Kier alpha value is -1.44. The van der Waals surface area contributed by atoms with E-state index in [1.807, 2.05) is 25.1 Å². The summed E-state index contributed by atoms with van der Waals surface area (Å²) in [5.74, 6) is 0.463. The van der Waals surface area contributed by atoms with Crippen molar-refractivity contribution >= 4 is 11.6 Å². The standard InChI is InChI=1S/C13H14O2/c1-2-13(15)12-5-3-4-9-8-10(14)6-7-11(9)12/h3-5H,2,6-8H2,1H3. The maximum Gasteiger partial charge on any atom is 0.162 e. The monoisotopic (exact) mass is 202 g/mol. The first kappa shape index (κ1) is 10.1. The van der Waals surface area contributed by atoms with E-state index in [0.29, 0.717) is 19.3 Å². The second kappa shape index (κ2) is 3.97. The molecule has 1 aromatic carbocycles. The zero-order valence-electron chi connectivity index (χ0n) is 8.88. The smallest absolute Gasteiger partial charge is 0.162 e. The van der Waals surface area contributed by atoms with Crippen molar-refractivity contribution in [1.29, 1.82) is 0 Å². The average molecular weight is 202 g/mol. The van der Waals surface area contributed by atoms with E-state index < -0.39 is 0 Å². The van der Waals surface area contributed by atoms with E-state index in [2.05, 4.69) is 0 Å². The zero-order valence-corrected chi connectivity index (χ0v) is 8.88. The van der Waals surface area contributed by atoms with Crippen molar-refractivity contribution in [2.45, 2.75) is 32.6 Å². The van der Waals surface area contributed by atoms with E-state index in [1.165, 1.54) is 0 Å². The lowest BCUT2D eigenvalue weighted by Gasteiger charge is -2.17. The molecule has 1 aromatic rings. The van der Waals surface area contributed by atoms with Gasteiger partial charge in [0.05, 0.1) is 0 Å². The van der Waals surface area contributed by atoms with Gasteiger partial charge in [-0.25, -0.2) is 0 Å². The molecule has 0 aliphatic heterocycles. The van der Waals surface area contributed by atoms with Gasteiger partial charge in [0.25, 0.3) is 0 Å². The fraction of sp³-hybridized carbons (Fsp3) is 0.385. The van der Waals surface area contributed by atoms with Gasteiger partial charge in [0.15, 0.2) is 5.78 Å². The van der Waals surface area contributed by atoms with Crippen molar-refractivity contribution in [2.24, 2.45) is 0 Å². The molecule has 2 heteroatoms. The summed E-state index contributed by atoms with van der Waals surface area (Å²) in [5.41, 5.74) is 2.97. The molecule has 0 atom stereocenters. The van der Waals surface area contributed by atoms with Gasteiger partial charge >= 0.3 is 0 Å². The van der Waals surface area contributed by atoms with E-state index in [0.717, 1.165) is 23.1 Å². The van der Waals surface area contributed by atoms with Gasteiger partial charge in [-0.2, -0.15) is 0 Å². The van der Waals surface area contributed by atoms with Crippen LogP contribution in [0.5, 0.6) is 0 Å². The molecular formula is C13H14O2. The lowest BCUT2D eigenvalue weighted by atomic mass is 9.86. The summed E-state index contributed by atoms with van der Waals surface area (Å²) < 4.78 is 0. The van der Waals surface area contributed by atoms with Crippen LogP contribution in [0, 0.1) is 0 Å². The number of hydrogen-bond donors (Lipinski definition) is 0. The van der Waals surface area contributed by atoms with Crippen molar-refractivity contribution in [3.63, 3.8) is 0 Å². The fourth-order valence-corrected chi connectivity index (χ4v) is 2.11. The number of benzene rings is 1. The summed E-state index contributed by atoms with van der Waals surface area (Å²) in [7, 11) is 0. The van der Waals surface area contributed by atoms with Crippen LogP contribution in [-0.4, -0.2) is 11.6 Å². The predicted octanol–water partition coefficient (Wildman–Crippen LogP) is 2.34. The number of hydrogen-bond acceptors (Lipinski definition) is 2. The Morgan fingerprint density at radius 1 is 1.33 bits per heavy atom. The molecule has 15 heavy (non-hydrogen) atoms. The van der Waals surface area contributed by atoms with Crippen LogP contribution >= 0.6 is 0 Å². The highest BCUT2D eigenvalue weighted by atomic mass is 16.1. The Morgan fingerprint density at radius 3 is 2.87 bits per heavy atom. The summed E-state index contributed by atoms with van der Waals surface area (Å²) >= 11 is 0. The molecule has 78 valence electrons. The summed E-state index contributed by atoms with van der Waals surface area (Å²) in [6.45, 7) is 1.87. The van der Waals surface area contributed by atoms with E-state index >= 15 is 0 Å². The Morgan fingerprint density at radius 2 is 2.13 bits per heavy atom. The van der Waals surface area contributed by atoms with Crippen molar-refractivity contribution in [3.8, 4) is 0 Å². The normalized spacial score (nSPS) is 14.9. The third kappa shape index (κ3) is 1.84. The molecule has 0 unspecified atom stereocenters. The highest BCUT2D eigenvalue weighted by Gasteiger charge is 2.20. The molecule has 1 aliphatic rings. The van der Waals surface area contributed by atoms with Gasteiger partial charge in [0, 0.05) is 24.8 Å². The first-order valence-corrected chi connectivity index (χ1v) is 5.38. The van der Waals surface area contributed by atoms with Gasteiger partial charge in [-0.05, 0) is 17.5 Å². The molecule has 0 radical (unpaired) electrons. The number of carbonyl (C=O) groups is 2. The minimum absolute atomic E-state index is 0.182. The SMILES string of the molecule is CCC(=O)c1cccc2c1CCC(=O)C2. The van der Waals surface area contributed by atoms with Crippen LogP contribution in [0.1, 0.15) is 41.3 Å². The molecule has 0 N–H and O–H groups in total. The number of fused-ring (bicyclic) bond motifs is 1. The Labute approximate surface area is 89.3 Å². The second-order valence-electron chi connectivity index (χ2n) is 3.94. The van der Waals surface area contributed by atoms with Crippen molar-refractivity contribution < 1.29 is 9.59 Å². The summed E-state index contributed by atoms with van der Waals surface area (Å²) in [6, 6.07) is 5.71. The van der Waals surface area contributed by atoms with Crippen LogP contribution in [0.15, 0.2) is 18.2 Å². The van der Waals surface area contributed by atoms with Gasteiger partial charge in [-0.3, -0.25) is 9.59 Å². The van der Waals surface area contributed by atoms with Crippen LogP contribution in [0.3, 0.4) is 0 Å². The third-order valence-corrected chi connectivity index (χ3v) is 2.94. The zero-order chi connectivity index (χ0) is 10.8. The number of ketones is 2. The maximum atomic E-state index is 11.7. The largest absolute Gasteiger partial charge is 0.299 e. The predicted molar refractivity (Wildman–Crippen MR) is 58.1 cm³/mol. The van der Waals surface area contributed by atoms with Gasteiger partial charge in [0.2, 0.25) is 0 Å². The molecule has 0 bridgehead atoms. The summed E-state index contributed by atoms with van der Waals surface area (Å²) in [6.07, 6.45) is 2.35. The van der Waals surface area contributed by atoms with Crippen LogP contribution in [0.25, 0.3) is 0 Å². The Kier molecular flexibility index (Phi) is 2.67. The summed E-state index contributed by atoms with van der Waals surface area (Å²) in [5, 5.41) is 0. The summed E-state index contributed by atoms with van der Waals surface area (Å²) in [4.78, 5) is 23.0. The molecule has 0 heterocycles. The number of rotatable bonds is 2. The van der Waals surface area contributed by atoms with Gasteiger partial charge < -0.3 is 0 Å². The van der Waals surface area contributed by atoms with Crippen LogP contribution in [-0.2, 0) is 17.6 Å². The Balaban J connectivity index is 2.46. The molecule has 2 rings (SSSR count). The lowest BCUT2D eigenvalue weighted by molar-refractivity contribution is -0.118. The second-order valence-corrected chi connectivity index (χ2v) is 3.94. The average Bonchev–Trinajstić information content (AvgIpc) is 2.26. The first-order valence-electron chi connectivity index (χ1n) is 5.38. The molecule has 0 aromatic heterocycles. The van der Waals surface area contributed by atoms with E-state index in [9.17, 15) is 9.59 Å². The van der Waals surface area contributed by atoms with E-state index in [-0.39, 0.29) is 11.6 Å². The molecule has 0 spiro atoms. The molecule has 0 saturated carbocycles. The van der Waals surface area contributed by atoms with Crippen molar-refractivity contribution in [2.75, 3.05) is 0 Å². The molecule has 0 fully saturated rings. The lowest BCUT2D eigenvalue weighted by Crippen LogP contribution is -2.16. The number of carbonyl (C=O) groups excluding carboxylic acids is 2. The van der Waals surface area contributed by atoms with Gasteiger partial charge in [0.1, 0.15) is 5.78 Å². The van der Waals surface area contributed by atoms with Crippen LogP contribution in [0.4, 0.5) is 0 Å². The van der Waals surface area contributed by atoms with Crippen molar-refractivity contribution in [3.05, 3.63) is 34.9 Å². The molecule has 2 nitrogen and oxygen atoms in total. The maximum absolute atomic E-state index is 11.7. The molecule has 0 saturated heterocycles. The molecule has 1 aliphatic carbocycles. The quantitative estimate of drug-likeness (QED) is 0.690. The fourth-order valence-electron chi connectivity index (χ4n) is 2.11. The minimum Gasteiger partial charge on any atom is -0.299 e. The highest BCUT2D eigenvalue weighted by Crippen LogP contribution is 2.23. The molecular weight excluding hydrogens is 188 g/mol. The minimum atomic E-state index is 0.182. The van der Waals surface area contributed by atoms with E-state index in [1.54, 1.807) is 0 Å².